The van der Waals surface area contributed by atoms with Gasteiger partial charge in [0.25, 0.3) is 10.2 Å². The fourth-order valence-electron chi connectivity index (χ4n) is 3.43. The van der Waals surface area contributed by atoms with Crippen molar-refractivity contribution in [2.45, 2.75) is 58.4 Å². The lowest BCUT2D eigenvalue weighted by atomic mass is 9.77. The van der Waals surface area contributed by atoms with E-state index < -0.39 is 21.6 Å². The first-order chi connectivity index (χ1) is 9.83. The molecule has 0 aliphatic carbocycles. The molecule has 0 amide bonds. The van der Waals surface area contributed by atoms with Crippen molar-refractivity contribution < 1.29 is 18.3 Å². The highest BCUT2D eigenvalue weighted by molar-refractivity contribution is 7.86. The van der Waals surface area contributed by atoms with Crippen molar-refractivity contribution in [2.24, 2.45) is 5.41 Å². The van der Waals surface area contributed by atoms with Crippen LogP contribution in [-0.4, -0.2) is 53.8 Å². The highest BCUT2D eigenvalue weighted by atomic mass is 32.2. The number of carboxylic acids is 1. The number of rotatable bonds is 4. The molecule has 2 saturated heterocycles. The quantitative estimate of drug-likeness (QED) is 0.855. The summed E-state index contributed by atoms with van der Waals surface area (Å²) in [6.45, 7) is 5.02. The lowest BCUT2D eigenvalue weighted by Gasteiger charge is -2.41. The van der Waals surface area contributed by atoms with Crippen LogP contribution >= 0.6 is 0 Å². The van der Waals surface area contributed by atoms with Gasteiger partial charge in [0.05, 0.1) is 5.41 Å². The van der Waals surface area contributed by atoms with Gasteiger partial charge in [-0.05, 0) is 39.0 Å². The molecule has 7 heteroatoms. The van der Waals surface area contributed by atoms with Crippen LogP contribution in [0.3, 0.4) is 0 Å². The summed E-state index contributed by atoms with van der Waals surface area (Å²) in [4.78, 5) is 11.4. The summed E-state index contributed by atoms with van der Waals surface area (Å²) in [5.41, 5.74) is -0.750. The summed E-state index contributed by atoms with van der Waals surface area (Å²) >= 11 is 0. The normalized spacial score (nSPS) is 28.4. The van der Waals surface area contributed by atoms with Gasteiger partial charge >= 0.3 is 5.97 Å². The molecule has 122 valence electrons. The number of aliphatic carboxylic acids is 1. The topological polar surface area (TPSA) is 77.9 Å². The average Bonchev–Trinajstić information content (AvgIpc) is 2.47. The minimum absolute atomic E-state index is 0.0427. The molecule has 2 rings (SSSR count). The Hall–Kier alpha value is -0.660. The fourth-order valence-corrected chi connectivity index (χ4v) is 5.29. The zero-order chi connectivity index (χ0) is 15.7. The molecule has 21 heavy (non-hydrogen) atoms. The standard InChI is InChI=1S/C14H26N2O4S/c1-3-14(13(17)18)7-10-15(11-8-14)21(19,20)16-9-5-4-6-12(16)2/h12H,3-11H2,1-2H3,(H,17,18). The first-order valence-corrected chi connectivity index (χ1v) is 9.23. The molecule has 0 aromatic rings. The molecule has 1 unspecified atom stereocenters. The number of carboxylic acid groups (broad SMARTS) is 1. The Balaban J connectivity index is 2.08. The van der Waals surface area contributed by atoms with Gasteiger partial charge in [0.2, 0.25) is 0 Å². The Morgan fingerprint density at radius 2 is 1.86 bits per heavy atom. The van der Waals surface area contributed by atoms with Crippen LogP contribution in [0.25, 0.3) is 0 Å². The lowest BCUT2D eigenvalue weighted by molar-refractivity contribution is -0.151. The Labute approximate surface area is 127 Å². The molecular formula is C14H26N2O4S. The summed E-state index contributed by atoms with van der Waals surface area (Å²) < 4.78 is 28.5. The predicted octanol–water partition coefficient (Wildman–Crippen LogP) is 1.68. The third kappa shape index (κ3) is 3.10. The predicted molar refractivity (Wildman–Crippen MR) is 80.1 cm³/mol. The molecule has 0 aromatic carbocycles. The van der Waals surface area contributed by atoms with E-state index in [0.717, 1.165) is 19.3 Å². The molecule has 1 atom stereocenters. The van der Waals surface area contributed by atoms with Crippen molar-refractivity contribution in [2.75, 3.05) is 19.6 Å². The van der Waals surface area contributed by atoms with E-state index >= 15 is 0 Å². The van der Waals surface area contributed by atoms with Gasteiger partial charge in [0.1, 0.15) is 0 Å². The molecule has 0 radical (unpaired) electrons. The number of carbonyl (C=O) groups is 1. The second-order valence-electron chi connectivity index (χ2n) is 6.30. The van der Waals surface area contributed by atoms with E-state index in [2.05, 4.69) is 0 Å². The number of hydrogen-bond donors (Lipinski definition) is 1. The molecule has 2 heterocycles. The first-order valence-electron chi connectivity index (χ1n) is 7.84. The van der Waals surface area contributed by atoms with Crippen molar-refractivity contribution in [3.63, 3.8) is 0 Å². The largest absolute Gasteiger partial charge is 0.481 e. The maximum atomic E-state index is 12.7. The van der Waals surface area contributed by atoms with Crippen LogP contribution in [0.15, 0.2) is 0 Å². The summed E-state index contributed by atoms with van der Waals surface area (Å²) in [5.74, 6) is -0.798. The second kappa shape index (κ2) is 6.22. The fraction of sp³-hybridized carbons (Fsp3) is 0.929. The highest BCUT2D eigenvalue weighted by Crippen LogP contribution is 2.36. The van der Waals surface area contributed by atoms with Gasteiger partial charge in [-0.2, -0.15) is 17.0 Å². The van der Waals surface area contributed by atoms with Gasteiger partial charge in [0.15, 0.2) is 0 Å². The van der Waals surface area contributed by atoms with Gasteiger partial charge in [-0.25, -0.2) is 0 Å². The minimum atomic E-state index is -3.44. The van der Waals surface area contributed by atoms with E-state index in [1.54, 1.807) is 4.31 Å². The molecule has 0 spiro atoms. The second-order valence-corrected chi connectivity index (χ2v) is 8.18. The minimum Gasteiger partial charge on any atom is -0.481 e. The summed E-state index contributed by atoms with van der Waals surface area (Å²) in [7, 11) is -3.44. The lowest BCUT2D eigenvalue weighted by Crippen LogP contribution is -2.53. The van der Waals surface area contributed by atoms with Crippen LogP contribution in [0, 0.1) is 5.41 Å². The number of piperidine rings is 2. The van der Waals surface area contributed by atoms with E-state index in [1.165, 1.54) is 4.31 Å². The Morgan fingerprint density at radius 1 is 1.24 bits per heavy atom. The van der Waals surface area contributed by atoms with E-state index in [0.29, 0.717) is 38.9 Å². The van der Waals surface area contributed by atoms with Crippen LogP contribution < -0.4 is 0 Å². The molecule has 2 fully saturated rings. The van der Waals surface area contributed by atoms with Crippen LogP contribution in [0.1, 0.15) is 52.4 Å². The molecule has 2 aliphatic heterocycles. The van der Waals surface area contributed by atoms with Gasteiger partial charge in [-0.1, -0.05) is 13.3 Å². The molecule has 6 nitrogen and oxygen atoms in total. The third-order valence-corrected chi connectivity index (χ3v) is 7.33. The summed E-state index contributed by atoms with van der Waals surface area (Å²) in [6.07, 6.45) is 4.24. The molecule has 2 aliphatic rings. The first kappa shape index (κ1) is 16.7. The third-order valence-electron chi connectivity index (χ3n) is 5.17. The van der Waals surface area contributed by atoms with Gasteiger partial charge in [0, 0.05) is 25.7 Å². The van der Waals surface area contributed by atoms with Crippen LogP contribution in [-0.2, 0) is 15.0 Å². The highest BCUT2D eigenvalue weighted by Gasteiger charge is 2.44. The maximum Gasteiger partial charge on any atom is 0.309 e. The van der Waals surface area contributed by atoms with E-state index in [4.69, 9.17) is 0 Å². The Morgan fingerprint density at radius 3 is 2.33 bits per heavy atom. The van der Waals surface area contributed by atoms with E-state index in [9.17, 15) is 18.3 Å². The average molecular weight is 318 g/mol. The van der Waals surface area contributed by atoms with Crippen LogP contribution in [0.4, 0.5) is 0 Å². The van der Waals surface area contributed by atoms with Crippen molar-refractivity contribution in [3.8, 4) is 0 Å². The molecule has 1 N–H and O–H groups in total. The zero-order valence-corrected chi connectivity index (χ0v) is 13.7. The number of hydrogen-bond acceptors (Lipinski definition) is 3. The smallest absolute Gasteiger partial charge is 0.309 e. The van der Waals surface area contributed by atoms with Crippen molar-refractivity contribution in [1.29, 1.82) is 0 Å². The zero-order valence-electron chi connectivity index (χ0n) is 12.9. The van der Waals surface area contributed by atoms with Gasteiger partial charge in [-0.15, -0.1) is 0 Å². The van der Waals surface area contributed by atoms with Crippen molar-refractivity contribution >= 4 is 16.2 Å². The Kier molecular flexibility index (Phi) is 4.95. The SMILES string of the molecule is CCC1(C(=O)O)CCN(S(=O)(=O)N2CCCCC2C)CC1. The molecule has 0 bridgehead atoms. The maximum absolute atomic E-state index is 12.7. The Bertz CT molecular complexity index is 483. The van der Waals surface area contributed by atoms with Crippen molar-refractivity contribution in [3.05, 3.63) is 0 Å². The van der Waals surface area contributed by atoms with Gasteiger partial charge in [-0.3, -0.25) is 4.79 Å². The summed E-state index contributed by atoms with van der Waals surface area (Å²) in [5, 5.41) is 9.39. The van der Waals surface area contributed by atoms with E-state index in [-0.39, 0.29) is 6.04 Å². The van der Waals surface area contributed by atoms with Crippen LogP contribution in [0.2, 0.25) is 0 Å². The molecular weight excluding hydrogens is 292 g/mol. The number of nitrogens with zero attached hydrogens (tertiary/aromatic N) is 2. The molecule has 0 aromatic heterocycles. The van der Waals surface area contributed by atoms with Gasteiger partial charge < -0.3 is 5.11 Å². The van der Waals surface area contributed by atoms with E-state index in [1.807, 2.05) is 13.8 Å². The monoisotopic (exact) mass is 318 g/mol. The van der Waals surface area contributed by atoms with Crippen molar-refractivity contribution in [1.82, 2.24) is 8.61 Å². The summed E-state index contributed by atoms with van der Waals surface area (Å²) in [6, 6.07) is 0.0427. The molecule has 0 saturated carbocycles. The van der Waals surface area contributed by atoms with Crippen LogP contribution in [0.5, 0.6) is 0 Å².